The van der Waals surface area contributed by atoms with Gasteiger partial charge in [-0.2, -0.15) is 0 Å². The second-order valence-electron chi connectivity index (χ2n) is 6.46. The summed E-state index contributed by atoms with van der Waals surface area (Å²) in [6.45, 7) is 1.06. The van der Waals surface area contributed by atoms with Crippen LogP contribution in [0.25, 0.3) is 0 Å². The summed E-state index contributed by atoms with van der Waals surface area (Å²) in [5.74, 6) is -0.285. The van der Waals surface area contributed by atoms with Gasteiger partial charge in [-0.3, -0.25) is 4.79 Å². The summed E-state index contributed by atoms with van der Waals surface area (Å²) >= 11 is 1.55. The predicted molar refractivity (Wildman–Crippen MR) is 92.2 cm³/mol. The molecule has 0 aromatic heterocycles. The van der Waals surface area contributed by atoms with Crippen molar-refractivity contribution in [2.45, 2.75) is 36.7 Å². The second-order valence-corrected chi connectivity index (χ2v) is 7.85. The number of carboxylic acids is 1. The molecule has 0 bridgehead atoms. The van der Waals surface area contributed by atoms with E-state index in [4.69, 9.17) is 9.47 Å². The lowest BCUT2D eigenvalue weighted by Gasteiger charge is -2.34. The molecule has 0 aliphatic carbocycles. The van der Waals surface area contributed by atoms with Crippen molar-refractivity contribution < 1.29 is 24.2 Å². The van der Waals surface area contributed by atoms with Crippen LogP contribution in [0.1, 0.15) is 19.3 Å². The number of benzene rings is 1. The van der Waals surface area contributed by atoms with Gasteiger partial charge >= 0.3 is 5.97 Å². The Bertz CT molecular complexity index is 719. The summed E-state index contributed by atoms with van der Waals surface area (Å²) in [4.78, 5) is 25.4. The average molecular weight is 361 g/mol. The van der Waals surface area contributed by atoms with Gasteiger partial charge in [-0.05, 0) is 18.6 Å². The molecule has 0 spiro atoms. The predicted octanol–water partition coefficient (Wildman–Crippen LogP) is 2.26. The third-order valence-electron chi connectivity index (χ3n) is 4.70. The lowest BCUT2D eigenvalue weighted by Crippen LogP contribution is -2.49. The molecule has 132 valence electrons. The molecule has 1 amide bonds. The molecule has 3 aliphatic heterocycles. The van der Waals surface area contributed by atoms with Crippen LogP contribution in [-0.4, -0.2) is 52.5 Å². The molecule has 2 saturated heterocycles. The van der Waals surface area contributed by atoms with Crippen LogP contribution in [0.2, 0.25) is 0 Å². The molecule has 25 heavy (non-hydrogen) atoms. The van der Waals surface area contributed by atoms with Gasteiger partial charge in [0.05, 0.1) is 18.8 Å². The third-order valence-corrected chi connectivity index (χ3v) is 6.01. The number of carbonyl (C=O) groups is 2. The summed E-state index contributed by atoms with van der Waals surface area (Å²) in [5.41, 5.74) is 0.176. The summed E-state index contributed by atoms with van der Waals surface area (Å²) in [6, 6.07) is 9.65. The maximum Gasteiger partial charge on any atom is 0.353 e. The van der Waals surface area contributed by atoms with Gasteiger partial charge < -0.3 is 19.5 Å². The Labute approximate surface area is 149 Å². The van der Waals surface area contributed by atoms with E-state index in [0.717, 1.165) is 17.1 Å². The third kappa shape index (κ3) is 3.26. The number of aliphatic carboxylic acids is 1. The molecule has 0 radical (unpaired) electrons. The zero-order valence-electron chi connectivity index (χ0n) is 13.6. The zero-order chi connectivity index (χ0) is 17.4. The highest BCUT2D eigenvalue weighted by Gasteiger charge is 2.48. The minimum atomic E-state index is -1.01. The van der Waals surface area contributed by atoms with Gasteiger partial charge in [0.15, 0.2) is 0 Å². The summed E-state index contributed by atoms with van der Waals surface area (Å²) in [5, 5.41) is 9.64. The van der Waals surface area contributed by atoms with Gasteiger partial charge in [0, 0.05) is 23.0 Å². The standard InChI is InChI=1S/C18H19NO5S/c20-16-7-11-6-15(17(18(21)22)19(11)16)25-14-8-13(24-10-14)9-23-12-4-2-1-3-5-12/h1-5,11,13-14H,6-10H2,(H,21,22). The SMILES string of the molecule is O=C(O)C1=C(SC2COC(COc3ccccc3)C2)CC2CC(=O)N12. The molecule has 1 aromatic rings. The topological polar surface area (TPSA) is 76.1 Å². The molecule has 6 nitrogen and oxygen atoms in total. The minimum absolute atomic E-state index is 0.00615. The molecule has 1 aromatic carbocycles. The van der Waals surface area contributed by atoms with Crippen molar-refractivity contribution in [2.75, 3.05) is 13.2 Å². The lowest BCUT2D eigenvalue weighted by atomic mass is 10.0. The second kappa shape index (κ2) is 6.72. The van der Waals surface area contributed by atoms with Crippen LogP contribution in [0, 0.1) is 0 Å². The van der Waals surface area contributed by atoms with E-state index in [-0.39, 0.29) is 29.0 Å². The summed E-state index contributed by atoms with van der Waals surface area (Å²) in [7, 11) is 0. The van der Waals surface area contributed by atoms with E-state index >= 15 is 0 Å². The Morgan fingerprint density at radius 1 is 1.32 bits per heavy atom. The van der Waals surface area contributed by atoms with Gasteiger partial charge in [0.25, 0.3) is 0 Å². The fraction of sp³-hybridized carbons (Fsp3) is 0.444. The number of thioether (sulfide) groups is 1. The van der Waals surface area contributed by atoms with Crippen LogP contribution in [0.3, 0.4) is 0 Å². The molecule has 0 saturated carbocycles. The number of carbonyl (C=O) groups excluding carboxylic acids is 1. The molecule has 7 heteroatoms. The Morgan fingerprint density at radius 2 is 2.12 bits per heavy atom. The minimum Gasteiger partial charge on any atom is -0.491 e. The highest BCUT2D eigenvalue weighted by Crippen LogP contribution is 2.45. The smallest absolute Gasteiger partial charge is 0.353 e. The number of β-lactam (4-membered cyclic amide) rings is 1. The van der Waals surface area contributed by atoms with Gasteiger partial charge in [-0.1, -0.05) is 18.2 Å². The highest BCUT2D eigenvalue weighted by molar-refractivity contribution is 8.03. The van der Waals surface area contributed by atoms with Crippen LogP contribution in [0.4, 0.5) is 0 Å². The number of rotatable bonds is 6. The van der Waals surface area contributed by atoms with Crippen molar-refractivity contribution in [3.63, 3.8) is 0 Å². The maximum absolute atomic E-state index is 11.7. The maximum atomic E-state index is 11.7. The molecule has 2 fully saturated rings. The van der Waals surface area contributed by atoms with E-state index < -0.39 is 5.97 Å². The summed E-state index contributed by atoms with van der Waals surface area (Å²) in [6.07, 6.45) is 1.92. The Hall–Kier alpha value is -1.99. The average Bonchev–Trinajstić information content (AvgIpc) is 3.16. The van der Waals surface area contributed by atoms with Gasteiger partial charge in [0.2, 0.25) is 5.91 Å². The molecule has 1 N–H and O–H groups in total. The molecular formula is C18H19NO5S. The molecule has 3 unspecified atom stereocenters. The van der Waals surface area contributed by atoms with Crippen molar-refractivity contribution in [2.24, 2.45) is 0 Å². The van der Waals surface area contributed by atoms with Crippen molar-refractivity contribution in [1.82, 2.24) is 4.90 Å². The van der Waals surface area contributed by atoms with Crippen molar-refractivity contribution in [3.05, 3.63) is 40.9 Å². The number of ether oxygens (including phenoxy) is 2. The molecule has 3 aliphatic rings. The number of nitrogens with zero attached hydrogens (tertiary/aromatic N) is 1. The van der Waals surface area contributed by atoms with E-state index in [9.17, 15) is 14.7 Å². The van der Waals surface area contributed by atoms with Crippen LogP contribution in [0.15, 0.2) is 40.9 Å². The normalized spacial score (nSPS) is 28.1. The first-order valence-electron chi connectivity index (χ1n) is 8.36. The number of carboxylic acid groups (broad SMARTS) is 1. The fourth-order valence-corrected chi connectivity index (χ4v) is 4.95. The number of amides is 1. The van der Waals surface area contributed by atoms with Crippen LogP contribution < -0.4 is 4.74 Å². The van der Waals surface area contributed by atoms with Crippen molar-refractivity contribution in [1.29, 1.82) is 0 Å². The quantitative estimate of drug-likeness (QED) is 0.784. The monoisotopic (exact) mass is 361 g/mol. The van der Waals surface area contributed by atoms with Crippen LogP contribution in [0.5, 0.6) is 5.75 Å². The van der Waals surface area contributed by atoms with E-state index in [1.165, 1.54) is 4.90 Å². The van der Waals surface area contributed by atoms with Crippen molar-refractivity contribution in [3.8, 4) is 5.75 Å². The van der Waals surface area contributed by atoms with Crippen LogP contribution >= 0.6 is 11.8 Å². The molecular weight excluding hydrogens is 342 g/mol. The summed E-state index contributed by atoms with van der Waals surface area (Å²) < 4.78 is 11.5. The van der Waals surface area contributed by atoms with Crippen molar-refractivity contribution >= 4 is 23.6 Å². The van der Waals surface area contributed by atoms with E-state index in [2.05, 4.69) is 0 Å². The van der Waals surface area contributed by atoms with E-state index in [0.29, 0.717) is 26.1 Å². The zero-order valence-corrected chi connectivity index (χ0v) is 14.4. The first kappa shape index (κ1) is 16.5. The fourth-order valence-electron chi connectivity index (χ4n) is 3.50. The Balaban J connectivity index is 1.34. The lowest BCUT2D eigenvalue weighted by molar-refractivity contribution is -0.147. The number of hydrogen-bond donors (Lipinski definition) is 1. The molecule has 3 heterocycles. The Kier molecular flexibility index (Phi) is 4.43. The van der Waals surface area contributed by atoms with Gasteiger partial charge in [-0.15, -0.1) is 11.8 Å². The number of hydrogen-bond acceptors (Lipinski definition) is 5. The van der Waals surface area contributed by atoms with Gasteiger partial charge in [0.1, 0.15) is 18.1 Å². The number of fused-ring (bicyclic) bond motifs is 1. The molecule has 4 rings (SSSR count). The molecule has 3 atom stereocenters. The largest absolute Gasteiger partial charge is 0.491 e. The van der Waals surface area contributed by atoms with Crippen LogP contribution in [-0.2, 0) is 14.3 Å². The highest BCUT2D eigenvalue weighted by atomic mass is 32.2. The Morgan fingerprint density at radius 3 is 2.84 bits per heavy atom. The van der Waals surface area contributed by atoms with E-state index in [1.807, 2.05) is 30.3 Å². The first-order chi connectivity index (χ1) is 12.1. The van der Waals surface area contributed by atoms with Gasteiger partial charge in [-0.25, -0.2) is 4.79 Å². The first-order valence-corrected chi connectivity index (χ1v) is 9.24. The number of para-hydroxylation sites is 1. The van der Waals surface area contributed by atoms with E-state index in [1.54, 1.807) is 11.8 Å².